The zero-order valence-corrected chi connectivity index (χ0v) is 18.9. The summed E-state index contributed by atoms with van der Waals surface area (Å²) < 4.78 is 31.8. The Labute approximate surface area is 193 Å². The lowest BCUT2D eigenvalue weighted by atomic mass is 9.87. The van der Waals surface area contributed by atoms with Crippen molar-refractivity contribution in [2.75, 3.05) is 27.5 Å². The molecule has 0 aliphatic carbocycles. The summed E-state index contributed by atoms with van der Waals surface area (Å²) >= 11 is 5.34. The van der Waals surface area contributed by atoms with E-state index in [2.05, 4.69) is 4.98 Å². The molecule has 2 atom stereocenters. The van der Waals surface area contributed by atoms with Crippen molar-refractivity contribution in [2.24, 2.45) is 0 Å². The predicted molar refractivity (Wildman–Crippen MR) is 119 cm³/mol. The van der Waals surface area contributed by atoms with E-state index in [1.54, 1.807) is 19.2 Å². The number of nitrogens with zero attached hydrogens (tertiary/aromatic N) is 1. The fourth-order valence-corrected chi connectivity index (χ4v) is 4.91. The molecule has 0 fully saturated rings. The molecule has 3 aromatic rings. The number of fused-ring (bicyclic) bond motifs is 2. The molecule has 0 amide bonds. The van der Waals surface area contributed by atoms with E-state index in [9.17, 15) is 14.3 Å². The number of aromatic hydroxyl groups is 1. The van der Waals surface area contributed by atoms with E-state index < -0.39 is 11.6 Å². The van der Waals surface area contributed by atoms with Gasteiger partial charge in [0, 0.05) is 6.42 Å². The van der Waals surface area contributed by atoms with Crippen LogP contribution in [0.5, 0.6) is 23.1 Å². The van der Waals surface area contributed by atoms with Crippen LogP contribution in [0.25, 0.3) is 0 Å². The molecule has 0 saturated carbocycles. The highest BCUT2D eigenvalue weighted by molar-refractivity contribution is 7.71. The van der Waals surface area contributed by atoms with Crippen LogP contribution in [0.1, 0.15) is 28.3 Å². The summed E-state index contributed by atoms with van der Waals surface area (Å²) in [5.74, 6) is 1.00. The molecule has 10 heteroatoms. The fourth-order valence-electron chi connectivity index (χ4n) is 4.67. The lowest BCUT2D eigenvalue weighted by Crippen LogP contribution is -3.10. The van der Waals surface area contributed by atoms with Gasteiger partial charge < -0.3 is 24.2 Å². The van der Waals surface area contributed by atoms with Gasteiger partial charge in [0.2, 0.25) is 18.4 Å². The first-order valence-electron chi connectivity index (χ1n) is 10.5. The predicted octanol–water partition coefficient (Wildman–Crippen LogP) is 1.70. The minimum absolute atomic E-state index is 0.0805. The molecule has 2 aromatic carbocycles. The van der Waals surface area contributed by atoms with Gasteiger partial charge in [-0.3, -0.25) is 14.3 Å². The number of hydrogen-bond donors (Lipinski definition) is 3. The summed E-state index contributed by atoms with van der Waals surface area (Å²) in [5.41, 5.74) is 2.19. The zero-order valence-electron chi connectivity index (χ0n) is 18.1. The zero-order chi connectivity index (χ0) is 23.3. The molecule has 3 heterocycles. The van der Waals surface area contributed by atoms with E-state index in [0.29, 0.717) is 17.2 Å². The second-order valence-corrected chi connectivity index (χ2v) is 8.59. The molecule has 0 radical (unpaired) electrons. The van der Waals surface area contributed by atoms with Gasteiger partial charge in [0.1, 0.15) is 11.4 Å². The number of aromatic nitrogens is 2. The van der Waals surface area contributed by atoms with Gasteiger partial charge in [0.05, 0.1) is 32.8 Å². The molecule has 8 nitrogen and oxygen atoms in total. The van der Waals surface area contributed by atoms with Gasteiger partial charge in [-0.25, -0.2) is 4.39 Å². The Bertz CT molecular complexity index is 1350. The number of benzene rings is 2. The van der Waals surface area contributed by atoms with Gasteiger partial charge in [-0.1, -0.05) is 12.1 Å². The maximum absolute atomic E-state index is 13.3. The number of ether oxygens (including phenoxy) is 3. The molecule has 5 rings (SSSR count). The van der Waals surface area contributed by atoms with Crippen LogP contribution in [0, 0.1) is 10.6 Å². The molecule has 0 bridgehead atoms. The average Bonchev–Trinajstić information content (AvgIpc) is 3.26. The van der Waals surface area contributed by atoms with Crippen molar-refractivity contribution >= 4 is 12.2 Å². The number of hydrogen-bond acceptors (Lipinski definition) is 6. The molecule has 172 valence electrons. The molecule has 33 heavy (non-hydrogen) atoms. The van der Waals surface area contributed by atoms with Crippen LogP contribution in [-0.4, -0.2) is 42.2 Å². The number of methoxy groups -OCH3 is 1. The van der Waals surface area contributed by atoms with Gasteiger partial charge >= 0.3 is 0 Å². The van der Waals surface area contributed by atoms with Crippen LogP contribution in [0.4, 0.5) is 4.39 Å². The Morgan fingerprint density at radius 1 is 1.30 bits per heavy atom. The van der Waals surface area contributed by atoms with Crippen molar-refractivity contribution in [3.05, 3.63) is 73.5 Å². The molecule has 0 spiro atoms. The lowest BCUT2D eigenvalue weighted by molar-refractivity contribution is -0.908. The Hall–Kier alpha value is -3.37. The van der Waals surface area contributed by atoms with E-state index >= 15 is 0 Å². The number of rotatable bonds is 4. The van der Waals surface area contributed by atoms with Crippen molar-refractivity contribution in [3.63, 3.8) is 0 Å². The van der Waals surface area contributed by atoms with Gasteiger partial charge in [-0.05, 0) is 41.5 Å². The minimum Gasteiger partial charge on any atom is -0.494 e. The molecule has 3 N–H and O–H groups in total. The van der Waals surface area contributed by atoms with Crippen molar-refractivity contribution < 1.29 is 28.6 Å². The second-order valence-electron chi connectivity index (χ2n) is 8.20. The standard InChI is InChI=1S/C23H22FN3O5S/c1-26-8-7-13-9-15-19(32-11-31-15)20(30-2)16(13)18(26)17-21(28)25-23(33)27(22(17)29)10-12-3-5-14(24)6-4-12/h3-6,9,18,29H,7-8,10-11H2,1-2H3,(H,25,28,33)/p+1/t18-/m0/s1. The summed E-state index contributed by atoms with van der Waals surface area (Å²) in [7, 11) is 3.51. The van der Waals surface area contributed by atoms with Gasteiger partial charge in [-0.15, -0.1) is 0 Å². The smallest absolute Gasteiger partial charge is 0.265 e. The number of quaternary nitrogens is 1. The normalized spacial score (nSPS) is 18.8. The third kappa shape index (κ3) is 3.55. The van der Waals surface area contributed by atoms with Crippen molar-refractivity contribution in [1.29, 1.82) is 0 Å². The minimum atomic E-state index is -0.531. The third-order valence-electron chi connectivity index (χ3n) is 6.27. The molecule has 0 saturated heterocycles. The highest BCUT2D eigenvalue weighted by atomic mass is 32.1. The molecule has 2 aliphatic heterocycles. The average molecular weight is 473 g/mol. The van der Waals surface area contributed by atoms with Crippen molar-refractivity contribution in [1.82, 2.24) is 9.55 Å². The topological polar surface area (TPSA) is 90.2 Å². The number of halogens is 1. The lowest BCUT2D eigenvalue weighted by Gasteiger charge is -2.33. The van der Waals surface area contributed by atoms with Gasteiger partial charge in [0.25, 0.3) is 5.56 Å². The number of likely N-dealkylation sites (N-methyl/N-ethyl adjacent to an activating group) is 1. The monoisotopic (exact) mass is 472 g/mol. The van der Waals surface area contributed by atoms with Crippen LogP contribution < -0.4 is 24.7 Å². The van der Waals surface area contributed by atoms with Gasteiger partial charge in [0.15, 0.2) is 22.3 Å². The van der Waals surface area contributed by atoms with E-state index in [-0.39, 0.29) is 35.4 Å². The Morgan fingerprint density at radius 2 is 2.06 bits per heavy atom. The van der Waals surface area contributed by atoms with Crippen LogP contribution in [0.3, 0.4) is 0 Å². The first-order chi connectivity index (χ1) is 15.9. The van der Waals surface area contributed by atoms with E-state index in [1.807, 2.05) is 13.1 Å². The maximum Gasteiger partial charge on any atom is 0.265 e. The largest absolute Gasteiger partial charge is 0.494 e. The first kappa shape index (κ1) is 21.5. The molecular formula is C23H23FN3O5S+. The summed E-state index contributed by atoms with van der Waals surface area (Å²) in [6.45, 7) is 0.995. The molecular weight excluding hydrogens is 449 g/mol. The SMILES string of the molecule is COc1c2c(cc3c1[C@@H](c1c(O)n(Cc4ccc(F)cc4)c(=S)[nH]c1=O)[NH+](C)CC3)OCO2. The van der Waals surface area contributed by atoms with E-state index in [4.69, 9.17) is 26.4 Å². The first-order valence-corrected chi connectivity index (χ1v) is 10.9. The quantitative estimate of drug-likeness (QED) is 0.501. The third-order valence-corrected chi connectivity index (χ3v) is 6.59. The highest BCUT2D eigenvalue weighted by Gasteiger charge is 2.40. The van der Waals surface area contributed by atoms with Gasteiger partial charge in [-0.2, -0.15) is 0 Å². The van der Waals surface area contributed by atoms with Crippen molar-refractivity contribution in [3.8, 4) is 23.1 Å². The van der Waals surface area contributed by atoms with Crippen LogP contribution in [0.15, 0.2) is 35.1 Å². The van der Waals surface area contributed by atoms with Crippen LogP contribution in [0.2, 0.25) is 0 Å². The molecule has 1 unspecified atom stereocenters. The Morgan fingerprint density at radius 3 is 2.79 bits per heavy atom. The fraction of sp³-hybridized carbons (Fsp3) is 0.304. The van der Waals surface area contributed by atoms with Crippen molar-refractivity contribution in [2.45, 2.75) is 19.0 Å². The summed E-state index contributed by atoms with van der Waals surface area (Å²) in [4.78, 5) is 16.8. The van der Waals surface area contributed by atoms with Crippen LogP contribution >= 0.6 is 12.2 Å². The molecule has 2 aliphatic rings. The summed E-state index contributed by atoms with van der Waals surface area (Å²) in [6.07, 6.45) is 0.748. The summed E-state index contributed by atoms with van der Waals surface area (Å²) in [6, 6.07) is 7.28. The number of H-pyrrole nitrogens is 1. The van der Waals surface area contributed by atoms with E-state index in [0.717, 1.165) is 34.6 Å². The Balaban J connectivity index is 1.70. The molecule has 1 aromatic heterocycles. The maximum atomic E-state index is 13.3. The van der Waals surface area contributed by atoms with E-state index in [1.165, 1.54) is 16.7 Å². The summed E-state index contributed by atoms with van der Waals surface area (Å²) in [5, 5.41) is 11.3. The number of aromatic amines is 1. The number of nitrogens with one attached hydrogen (secondary N) is 2. The second kappa shape index (κ2) is 8.20. The Kier molecular flexibility index (Phi) is 5.34. The highest BCUT2D eigenvalue weighted by Crippen LogP contribution is 2.48. The van der Waals surface area contributed by atoms with Crippen LogP contribution in [-0.2, 0) is 13.0 Å².